The molecule has 1 aliphatic heterocycles. The van der Waals surface area contributed by atoms with Gasteiger partial charge in [0.05, 0.1) is 12.1 Å². The molecule has 1 spiro atoms. The van der Waals surface area contributed by atoms with Gasteiger partial charge < -0.3 is 9.64 Å². The summed E-state index contributed by atoms with van der Waals surface area (Å²) in [6.07, 6.45) is -1.22. The molecule has 1 aromatic heterocycles. The number of rotatable bonds is 6. The molecular formula is C28H32F3N7O3. The lowest BCUT2D eigenvalue weighted by Crippen LogP contribution is -2.50. The minimum absolute atomic E-state index is 0.132. The predicted octanol–water partition coefficient (Wildman–Crippen LogP) is 5.77. The summed E-state index contributed by atoms with van der Waals surface area (Å²) in [4.78, 5) is 29.9. The second-order valence-corrected chi connectivity index (χ2v) is 11.8. The summed E-state index contributed by atoms with van der Waals surface area (Å²) in [6.45, 7) is 7.48. The van der Waals surface area contributed by atoms with Crippen molar-refractivity contribution in [2.75, 3.05) is 16.8 Å². The van der Waals surface area contributed by atoms with E-state index >= 15 is 0 Å². The molecule has 10 nitrogen and oxygen atoms in total. The number of nitrogens with zero attached hydrogens (tertiary/aromatic N) is 5. The summed E-state index contributed by atoms with van der Waals surface area (Å²) < 4.78 is 41.9. The van der Waals surface area contributed by atoms with Gasteiger partial charge in [0, 0.05) is 17.8 Å². The van der Waals surface area contributed by atoms with Gasteiger partial charge in [0.25, 0.3) is 5.91 Å². The highest BCUT2D eigenvalue weighted by molar-refractivity contribution is 6.03. The molecule has 5 rings (SSSR count). The van der Waals surface area contributed by atoms with E-state index in [0.29, 0.717) is 30.3 Å². The van der Waals surface area contributed by atoms with Gasteiger partial charge in [-0.1, -0.05) is 38.0 Å². The number of anilines is 2. The number of hydrogen-bond donors (Lipinski definition) is 2. The number of halogens is 3. The monoisotopic (exact) mass is 571 g/mol. The van der Waals surface area contributed by atoms with Gasteiger partial charge in [0.15, 0.2) is 0 Å². The van der Waals surface area contributed by atoms with E-state index in [1.54, 1.807) is 29.2 Å². The van der Waals surface area contributed by atoms with Crippen LogP contribution in [0, 0.1) is 11.3 Å². The Morgan fingerprint density at radius 3 is 2.29 bits per heavy atom. The van der Waals surface area contributed by atoms with Crippen molar-refractivity contribution in [3.63, 3.8) is 0 Å². The van der Waals surface area contributed by atoms with Crippen LogP contribution >= 0.6 is 0 Å². The number of aromatic nitrogens is 4. The van der Waals surface area contributed by atoms with Gasteiger partial charge in [0.2, 0.25) is 5.95 Å². The molecular weight excluding hydrogens is 539 g/mol. The van der Waals surface area contributed by atoms with Crippen molar-refractivity contribution in [2.24, 2.45) is 11.3 Å². The second-order valence-electron chi connectivity index (χ2n) is 11.8. The fraction of sp³-hybridized carbons (Fsp3) is 0.464. The number of alkyl halides is 3. The van der Waals surface area contributed by atoms with Crippen molar-refractivity contribution in [3.8, 4) is 5.75 Å². The van der Waals surface area contributed by atoms with E-state index < -0.39 is 11.9 Å². The van der Waals surface area contributed by atoms with Gasteiger partial charge in [0.1, 0.15) is 5.75 Å². The number of urea groups is 1. The number of hydrogen-bond acceptors (Lipinski definition) is 6. The van der Waals surface area contributed by atoms with Gasteiger partial charge in [-0.15, -0.1) is 13.2 Å². The molecule has 0 unspecified atom stereocenters. The Labute approximate surface area is 235 Å². The van der Waals surface area contributed by atoms with E-state index in [1.165, 1.54) is 24.3 Å². The lowest BCUT2D eigenvalue weighted by atomic mass is 9.67. The van der Waals surface area contributed by atoms with E-state index in [4.69, 9.17) is 0 Å². The Morgan fingerprint density at radius 2 is 1.73 bits per heavy atom. The van der Waals surface area contributed by atoms with Crippen molar-refractivity contribution in [1.82, 2.24) is 25.5 Å². The van der Waals surface area contributed by atoms with Crippen molar-refractivity contribution < 1.29 is 27.5 Å². The number of H-pyrrole nitrogens is 1. The van der Waals surface area contributed by atoms with Crippen LogP contribution in [0.1, 0.15) is 62.4 Å². The first-order valence-electron chi connectivity index (χ1n) is 13.4. The molecule has 41 heavy (non-hydrogen) atoms. The number of tetrazole rings is 1. The first-order valence-corrected chi connectivity index (χ1v) is 13.4. The van der Waals surface area contributed by atoms with Crippen LogP contribution < -0.4 is 15.0 Å². The SMILES string of the molecule is CC(C)(C)[C@H]1CC[C@]2(CC1)CN(c1ccc(OC(F)(F)F)cc1)C(=O)N2Cc1ccc(C(=O)Nc2nnn[nH]2)cc1. The van der Waals surface area contributed by atoms with Crippen LogP contribution in [-0.2, 0) is 6.54 Å². The zero-order chi connectivity index (χ0) is 29.4. The standard InChI is InChI=1S/C28H32F3N7O3/c1-26(2,3)20-12-14-27(15-13-20)17-37(21-8-10-22(11-9-21)41-28(29,30)31)25(40)38(27)16-18-4-6-19(7-5-18)23(39)32-24-33-35-36-34-24/h4-11,20H,12-17H2,1-3H3,(H2,32,33,34,35,36,39)/t20-,27-. The van der Waals surface area contributed by atoms with Gasteiger partial charge in [-0.25, -0.2) is 9.89 Å². The average Bonchev–Trinajstić information content (AvgIpc) is 3.51. The predicted molar refractivity (Wildman–Crippen MR) is 144 cm³/mol. The maximum atomic E-state index is 13.9. The number of amides is 3. The van der Waals surface area contributed by atoms with Gasteiger partial charge in [-0.3, -0.25) is 15.0 Å². The van der Waals surface area contributed by atoms with Crippen LogP contribution in [0.2, 0.25) is 0 Å². The topological polar surface area (TPSA) is 116 Å². The molecule has 2 aromatic carbocycles. The molecule has 1 saturated carbocycles. The minimum atomic E-state index is -4.79. The number of ether oxygens (including phenoxy) is 1. The van der Waals surface area contributed by atoms with Crippen LogP contribution in [-0.4, -0.2) is 55.9 Å². The highest BCUT2D eigenvalue weighted by Gasteiger charge is 2.52. The van der Waals surface area contributed by atoms with Crippen LogP contribution in [0.15, 0.2) is 48.5 Å². The Morgan fingerprint density at radius 1 is 1.07 bits per heavy atom. The van der Waals surface area contributed by atoms with Gasteiger partial charge in [-0.05, 0) is 89.4 Å². The summed E-state index contributed by atoms with van der Waals surface area (Å²) >= 11 is 0. The molecule has 0 radical (unpaired) electrons. The maximum Gasteiger partial charge on any atom is 0.573 e. The number of carbonyl (C=O) groups excluding carboxylic acids is 2. The van der Waals surface area contributed by atoms with E-state index in [9.17, 15) is 22.8 Å². The molecule has 13 heteroatoms. The molecule has 2 N–H and O–H groups in total. The number of benzene rings is 2. The first kappa shape index (κ1) is 28.4. The zero-order valence-electron chi connectivity index (χ0n) is 23.0. The fourth-order valence-electron chi connectivity index (χ4n) is 5.85. The third kappa shape index (κ3) is 6.28. The molecule has 218 valence electrons. The van der Waals surface area contributed by atoms with E-state index in [1.807, 2.05) is 4.90 Å². The minimum Gasteiger partial charge on any atom is -0.406 e. The summed E-state index contributed by atoms with van der Waals surface area (Å²) in [5.74, 6) is -0.0646. The molecule has 1 aliphatic carbocycles. The smallest absolute Gasteiger partial charge is 0.406 e. The molecule has 2 aliphatic rings. The largest absolute Gasteiger partial charge is 0.573 e. The highest BCUT2D eigenvalue weighted by Crippen LogP contribution is 2.47. The van der Waals surface area contributed by atoms with Crippen molar-refractivity contribution in [1.29, 1.82) is 0 Å². The fourth-order valence-corrected chi connectivity index (χ4v) is 5.85. The molecule has 2 heterocycles. The zero-order valence-corrected chi connectivity index (χ0v) is 23.0. The Balaban J connectivity index is 1.36. The molecule has 1 saturated heterocycles. The number of carbonyl (C=O) groups is 2. The Bertz CT molecular complexity index is 1360. The maximum absolute atomic E-state index is 13.9. The quantitative estimate of drug-likeness (QED) is 0.388. The van der Waals surface area contributed by atoms with Crippen LogP contribution in [0.3, 0.4) is 0 Å². The van der Waals surface area contributed by atoms with Gasteiger partial charge in [-0.2, -0.15) is 0 Å². The van der Waals surface area contributed by atoms with Crippen molar-refractivity contribution in [3.05, 3.63) is 59.7 Å². The van der Waals surface area contributed by atoms with Crippen LogP contribution in [0.5, 0.6) is 5.75 Å². The van der Waals surface area contributed by atoms with Crippen LogP contribution in [0.25, 0.3) is 0 Å². The highest BCUT2D eigenvalue weighted by atomic mass is 19.4. The lowest BCUT2D eigenvalue weighted by Gasteiger charge is -2.45. The molecule has 3 amide bonds. The summed E-state index contributed by atoms with van der Waals surface area (Å²) in [6, 6.07) is 12.2. The van der Waals surface area contributed by atoms with E-state index in [0.717, 1.165) is 31.2 Å². The number of nitrogens with one attached hydrogen (secondary N) is 2. The first-order chi connectivity index (χ1) is 19.3. The Kier molecular flexibility index (Phi) is 7.39. The Hall–Kier alpha value is -4.16. The van der Waals surface area contributed by atoms with Crippen LogP contribution in [0.4, 0.5) is 29.6 Å². The summed E-state index contributed by atoms with van der Waals surface area (Å²) in [5, 5.41) is 15.5. The third-order valence-corrected chi connectivity index (χ3v) is 8.14. The molecule has 3 aromatic rings. The van der Waals surface area contributed by atoms with E-state index in [2.05, 4.69) is 51.4 Å². The summed E-state index contributed by atoms with van der Waals surface area (Å²) in [7, 11) is 0. The molecule has 2 fully saturated rings. The normalized spacial score (nSPS) is 21.4. The van der Waals surface area contributed by atoms with Gasteiger partial charge >= 0.3 is 12.4 Å². The molecule has 0 bridgehead atoms. The van der Waals surface area contributed by atoms with E-state index in [-0.39, 0.29) is 29.1 Å². The van der Waals surface area contributed by atoms with Crippen molar-refractivity contribution >= 4 is 23.6 Å². The summed E-state index contributed by atoms with van der Waals surface area (Å²) in [5.41, 5.74) is 1.50. The third-order valence-electron chi connectivity index (χ3n) is 8.14. The average molecular weight is 572 g/mol. The number of aromatic amines is 1. The van der Waals surface area contributed by atoms with Crippen molar-refractivity contribution in [2.45, 2.75) is 64.9 Å². The second kappa shape index (κ2) is 10.7. The molecule has 0 atom stereocenters. The lowest BCUT2D eigenvalue weighted by molar-refractivity contribution is -0.274.